The molecule has 6 nitrogen and oxygen atoms in total. The van der Waals surface area contributed by atoms with Crippen molar-refractivity contribution in [2.24, 2.45) is 0 Å². The molecule has 2 N–H and O–H groups in total. The summed E-state index contributed by atoms with van der Waals surface area (Å²) in [5.74, 6) is -0.236. The first-order chi connectivity index (χ1) is 16.6. The number of hydrogen-bond donors (Lipinski definition) is 2. The fraction of sp³-hybridized carbons (Fsp3) is 0.250. The summed E-state index contributed by atoms with van der Waals surface area (Å²) in [4.78, 5) is 28.9. The van der Waals surface area contributed by atoms with E-state index in [1.807, 2.05) is 48.5 Å². The molecule has 0 spiro atoms. The zero-order chi connectivity index (χ0) is 23.5. The van der Waals surface area contributed by atoms with Crippen LogP contribution in [0.4, 0.5) is 0 Å². The van der Waals surface area contributed by atoms with E-state index in [9.17, 15) is 14.7 Å². The van der Waals surface area contributed by atoms with Crippen LogP contribution in [0.3, 0.4) is 0 Å². The molecule has 0 aliphatic heterocycles. The molecule has 34 heavy (non-hydrogen) atoms. The second-order valence-electron chi connectivity index (χ2n) is 8.82. The summed E-state index contributed by atoms with van der Waals surface area (Å²) in [6.45, 7) is 0.577. The Balaban J connectivity index is 1.39. The molecule has 0 atom stereocenters. The van der Waals surface area contributed by atoms with Crippen LogP contribution in [0.2, 0.25) is 0 Å². The Hall–Kier alpha value is -3.93. The first-order valence-electron chi connectivity index (χ1n) is 11.8. The SMILES string of the molecule is O=C(O)c1ccc2c(c1)nc(-c1ccc(C(=O)NCCc3ccccc3)cc1)n2C1CCCC1. The van der Waals surface area contributed by atoms with Gasteiger partial charge in [-0.15, -0.1) is 0 Å². The van der Waals surface area contributed by atoms with E-state index in [2.05, 4.69) is 22.0 Å². The van der Waals surface area contributed by atoms with Gasteiger partial charge in [0.1, 0.15) is 5.82 Å². The fourth-order valence-corrected chi connectivity index (χ4v) is 4.81. The molecule has 1 fully saturated rings. The van der Waals surface area contributed by atoms with Crippen molar-refractivity contribution < 1.29 is 14.7 Å². The predicted octanol–water partition coefficient (Wildman–Crippen LogP) is 5.49. The van der Waals surface area contributed by atoms with Crippen molar-refractivity contribution in [2.45, 2.75) is 38.1 Å². The molecule has 1 aliphatic rings. The summed E-state index contributed by atoms with van der Waals surface area (Å²) < 4.78 is 2.25. The molecular formula is C28H27N3O3. The molecule has 0 saturated heterocycles. The van der Waals surface area contributed by atoms with E-state index < -0.39 is 5.97 Å². The molecule has 1 aromatic heterocycles. The number of benzene rings is 3. The van der Waals surface area contributed by atoms with Gasteiger partial charge in [0.15, 0.2) is 0 Å². The van der Waals surface area contributed by atoms with Gasteiger partial charge in [-0.3, -0.25) is 4.79 Å². The van der Waals surface area contributed by atoms with Gasteiger partial charge in [0.05, 0.1) is 16.6 Å². The minimum atomic E-state index is -0.957. The molecule has 1 heterocycles. The lowest BCUT2D eigenvalue weighted by atomic mass is 10.1. The fourth-order valence-electron chi connectivity index (χ4n) is 4.81. The molecule has 172 valence electrons. The molecule has 1 aliphatic carbocycles. The molecule has 5 rings (SSSR count). The Morgan fingerprint density at radius 3 is 2.35 bits per heavy atom. The third-order valence-electron chi connectivity index (χ3n) is 6.57. The van der Waals surface area contributed by atoms with Gasteiger partial charge < -0.3 is 15.0 Å². The van der Waals surface area contributed by atoms with Crippen molar-refractivity contribution in [3.05, 3.63) is 89.5 Å². The van der Waals surface area contributed by atoms with Gasteiger partial charge in [0.25, 0.3) is 5.91 Å². The zero-order valence-corrected chi connectivity index (χ0v) is 18.9. The van der Waals surface area contributed by atoms with E-state index in [0.29, 0.717) is 23.7 Å². The lowest BCUT2D eigenvalue weighted by Gasteiger charge is -2.16. The smallest absolute Gasteiger partial charge is 0.335 e. The summed E-state index contributed by atoms with van der Waals surface area (Å²) in [5.41, 5.74) is 4.58. The van der Waals surface area contributed by atoms with E-state index in [1.54, 1.807) is 12.1 Å². The molecular weight excluding hydrogens is 426 g/mol. The van der Waals surface area contributed by atoms with Crippen LogP contribution in [0.25, 0.3) is 22.4 Å². The highest BCUT2D eigenvalue weighted by Crippen LogP contribution is 2.37. The van der Waals surface area contributed by atoms with Crippen LogP contribution in [0, 0.1) is 0 Å². The van der Waals surface area contributed by atoms with Crippen LogP contribution < -0.4 is 5.32 Å². The minimum absolute atomic E-state index is 0.0992. The average molecular weight is 454 g/mol. The van der Waals surface area contributed by atoms with Crippen LogP contribution in [0.15, 0.2) is 72.8 Å². The van der Waals surface area contributed by atoms with Crippen LogP contribution in [0.5, 0.6) is 0 Å². The van der Waals surface area contributed by atoms with Crippen molar-refractivity contribution in [2.75, 3.05) is 6.54 Å². The highest BCUT2D eigenvalue weighted by atomic mass is 16.4. The van der Waals surface area contributed by atoms with E-state index in [-0.39, 0.29) is 11.5 Å². The Morgan fingerprint density at radius 1 is 0.941 bits per heavy atom. The third kappa shape index (κ3) is 4.44. The number of nitrogens with zero attached hydrogens (tertiary/aromatic N) is 2. The van der Waals surface area contributed by atoms with E-state index in [1.165, 1.54) is 18.4 Å². The molecule has 6 heteroatoms. The van der Waals surface area contributed by atoms with Gasteiger partial charge in [-0.2, -0.15) is 0 Å². The van der Waals surface area contributed by atoms with E-state index in [4.69, 9.17) is 4.98 Å². The summed E-state index contributed by atoms with van der Waals surface area (Å²) in [5, 5.41) is 12.4. The van der Waals surface area contributed by atoms with Gasteiger partial charge in [-0.25, -0.2) is 9.78 Å². The topological polar surface area (TPSA) is 84.2 Å². The highest BCUT2D eigenvalue weighted by molar-refractivity contribution is 5.95. The maximum atomic E-state index is 12.6. The lowest BCUT2D eigenvalue weighted by molar-refractivity contribution is 0.0696. The standard InChI is InChI=1S/C28H27N3O3/c32-27(29-17-16-19-6-2-1-3-7-19)21-12-10-20(11-13-21)26-30-24-18-22(28(33)34)14-15-25(24)31(26)23-8-4-5-9-23/h1-3,6-7,10-15,18,23H,4-5,8-9,16-17H2,(H,29,32)(H,33,34). The predicted molar refractivity (Wildman–Crippen MR) is 132 cm³/mol. The number of aromatic carboxylic acids is 1. The van der Waals surface area contributed by atoms with Crippen molar-refractivity contribution in [1.29, 1.82) is 0 Å². The highest BCUT2D eigenvalue weighted by Gasteiger charge is 2.24. The van der Waals surface area contributed by atoms with Crippen molar-refractivity contribution in [3.8, 4) is 11.4 Å². The lowest BCUT2D eigenvalue weighted by Crippen LogP contribution is -2.25. The number of carbonyl (C=O) groups is 2. The molecule has 3 aromatic carbocycles. The number of rotatable bonds is 7. The van der Waals surface area contributed by atoms with Gasteiger partial charge in [-0.05, 0) is 55.2 Å². The molecule has 1 saturated carbocycles. The van der Waals surface area contributed by atoms with Gasteiger partial charge in [-0.1, -0.05) is 55.3 Å². The average Bonchev–Trinajstić information content (AvgIpc) is 3.52. The monoisotopic (exact) mass is 453 g/mol. The normalized spacial score (nSPS) is 13.9. The second kappa shape index (κ2) is 9.51. The van der Waals surface area contributed by atoms with Crippen LogP contribution in [-0.2, 0) is 6.42 Å². The Kier molecular flexibility index (Phi) is 6.12. The van der Waals surface area contributed by atoms with E-state index >= 15 is 0 Å². The second-order valence-corrected chi connectivity index (χ2v) is 8.82. The van der Waals surface area contributed by atoms with Crippen molar-refractivity contribution >= 4 is 22.9 Å². The number of carbonyl (C=O) groups excluding carboxylic acids is 1. The number of carboxylic acids is 1. The zero-order valence-electron chi connectivity index (χ0n) is 18.9. The quantitative estimate of drug-likeness (QED) is 0.388. The van der Waals surface area contributed by atoms with E-state index in [0.717, 1.165) is 36.2 Å². The van der Waals surface area contributed by atoms with Gasteiger partial charge in [0, 0.05) is 23.7 Å². The summed E-state index contributed by atoms with van der Waals surface area (Å²) in [6.07, 6.45) is 5.31. The minimum Gasteiger partial charge on any atom is -0.478 e. The van der Waals surface area contributed by atoms with Crippen LogP contribution >= 0.6 is 0 Å². The molecule has 1 amide bonds. The molecule has 0 bridgehead atoms. The Labute approximate surface area is 198 Å². The maximum Gasteiger partial charge on any atom is 0.335 e. The number of fused-ring (bicyclic) bond motifs is 1. The largest absolute Gasteiger partial charge is 0.478 e. The number of imidazole rings is 1. The number of hydrogen-bond acceptors (Lipinski definition) is 3. The summed E-state index contributed by atoms with van der Waals surface area (Å²) in [7, 11) is 0. The molecule has 4 aromatic rings. The number of nitrogens with one attached hydrogen (secondary N) is 1. The number of aromatic nitrogens is 2. The Bertz CT molecular complexity index is 1320. The summed E-state index contributed by atoms with van der Waals surface area (Å²) in [6, 6.07) is 23.1. The first kappa shape index (κ1) is 21.9. The van der Waals surface area contributed by atoms with Crippen molar-refractivity contribution in [3.63, 3.8) is 0 Å². The van der Waals surface area contributed by atoms with Crippen LogP contribution in [0.1, 0.15) is 58.0 Å². The molecule has 0 radical (unpaired) electrons. The Morgan fingerprint density at radius 2 is 1.65 bits per heavy atom. The molecule has 0 unspecified atom stereocenters. The summed E-state index contributed by atoms with van der Waals surface area (Å²) >= 11 is 0. The first-order valence-corrected chi connectivity index (χ1v) is 11.8. The van der Waals surface area contributed by atoms with Crippen LogP contribution in [-0.4, -0.2) is 33.1 Å². The number of carboxylic acid groups (broad SMARTS) is 1. The number of amides is 1. The third-order valence-corrected chi connectivity index (χ3v) is 6.57. The van der Waals surface area contributed by atoms with Gasteiger partial charge >= 0.3 is 5.97 Å². The maximum absolute atomic E-state index is 12.6. The van der Waals surface area contributed by atoms with Gasteiger partial charge in [0.2, 0.25) is 0 Å². The van der Waals surface area contributed by atoms with Crippen molar-refractivity contribution in [1.82, 2.24) is 14.9 Å².